The Bertz CT molecular complexity index is 629. The van der Waals surface area contributed by atoms with Crippen molar-refractivity contribution in [1.82, 2.24) is 0 Å². The van der Waals surface area contributed by atoms with E-state index in [1.54, 1.807) is 0 Å². The summed E-state index contributed by atoms with van der Waals surface area (Å²) in [5.41, 5.74) is 3.75. The van der Waals surface area contributed by atoms with Crippen LogP contribution in [0.25, 0.3) is 0 Å². The number of rotatable bonds is 2. The molecule has 0 heterocycles. The van der Waals surface area contributed by atoms with Gasteiger partial charge in [-0.1, -0.05) is 54.6 Å². The molecule has 0 amide bonds. The zero-order chi connectivity index (χ0) is 12.8. The van der Waals surface area contributed by atoms with Crippen molar-refractivity contribution >= 4 is 5.78 Å². The Balaban J connectivity index is 1.66. The van der Waals surface area contributed by atoms with Crippen LogP contribution in [0.3, 0.4) is 0 Å². The Hall–Kier alpha value is -1.89. The third-order valence-electron chi connectivity index (χ3n) is 4.69. The van der Waals surface area contributed by atoms with E-state index < -0.39 is 0 Å². The molecule has 1 nitrogen and oxygen atoms in total. The second-order valence-electron chi connectivity index (χ2n) is 5.68. The van der Waals surface area contributed by atoms with Gasteiger partial charge in [0.05, 0.1) is 0 Å². The monoisotopic (exact) mass is 248 g/mol. The lowest BCUT2D eigenvalue weighted by Gasteiger charge is -2.13. The van der Waals surface area contributed by atoms with Crippen LogP contribution in [-0.2, 0) is 6.42 Å². The van der Waals surface area contributed by atoms with Gasteiger partial charge in [0, 0.05) is 11.5 Å². The molecule has 3 atom stereocenters. The van der Waals surface area contributed by atoms with Crippen molar-refractivity contribution in [3.63, 3.8) is 0 Å². The molecule has 1 saturated carbocycles. The maximum atomic E-state index is 12.6. The fraction of sp³-hybridized carbons (Fsp3) is 0.278. The fourth-order valence-corrected chi connectivity index (χ4v) is 3.72. The molecule has 4 rings (SSSR count). The number of Topliss-reactive ketones (excluding diaryl/α,β-unsaturated/α-hetero) is 1. The molecule has 0 spiro atoms. The maximum Gasteiger partial charge on any atom is 0.166 e. The van der Waals surface area contributed by atoms with Gasteiger partial charge in [0.25, 0.3) is 0 Å². The summed E-state index contributed by atoms with van der Waals surface area (Å²) in [5.74, 6) is 1.64. The molecule has 0 aliphatic heterocycles. The lowest BCUT2D eigenvalue weighted by molar-refractivity contribution is 0.0959. The largest absolute Gasteiger partial charge is 0.294 e. The normalized spacial score (nSPS) is 27.3. The predicted octanol–water partition coefficient (Wildman–Crippen LogP) is 3.85. The minimum absolute atomic E-state index is 0.228. The molecule has 0 N–H and O–H groups in total. The summed E-state index contributed by atoms with van der Waals surface area (Å²) in [6.07, 6.45) is 2.31. The van der Waals surface area contributed by atoms with Gasteiger partial charge >= 0.3 is 0 Å². The van der Waals surface area contributed by atoms with Crippen molar-refractivity contribution in [3.8, 4) is 0 Å². The highest BCUT2D eigenvalue weighted by molar-refractivity contribution is 6.00. The standard InChI is InChI=1S/C18H16O/c19-18(13-7-2-1-3-8-13)17-15-11-10-12-6-4-5-9-14(12)16(15)17/h1-9,15-17H,10-11H2. The van der Waals surface area contributed by atoms with Gasteiger partial charge in [-0.3, -0.25) is 4.79 Å². The average Bonchev–Trinajstić information content (AvgIpc) is 3.22. The summed E-state index contributed by atoms with van der Waals surface area (Å²) < 4.78 is 0. The van der Waals surface area contributed by atoms with Gasteiger partial charge in [-0.2, -0.15) is 0 Å². The molecular weight excluding hydrogens is 232 g/mol. The first-order valence-electron chi connectivity index (χ1n) is 7.03. The zero-order valence-corrected chi connectivity index (χ0v) is 10.8. The van der Waals surface area contributed by atoms with E-state index in [2.05, 4.69) is 24.3 Å². The summed E-state index contributed by atoms with van der Waals surface area (Å²) in [7, 11) is 0. The fourth-order valence-electron chi connectivity index (χ4n) is 3.72. The number of fused-ring (bicyclic) bond motifs is 3. The number of carbonyl (C=O) groups excluding carboxylic acids is 1. The second-order valence-corrected chi connectivity index (χ2v) is 5.68. The van der Waals surface area contributed by atoms with Crippen molar-refractivity contribution < 1.29 is 4.79 Å². The lowest BCUT2D eigenvalue weighted by atomic mass is 9.92. The van der Waals surface area contributed by atoms with Gasteiger partial charge in [0.2, 0.25) is 0 Å². The van der Waals surface area contributed by atoms with Gasteiger partial charge in [-0.05, 0) is 35.8 Å². The van der Waals surface area contributed by atoms with Crippen molar-refractivity contribution in [2.75, 3.05) is 0 Å². The summed E-state index contributed by atoms with van der Waals surface area (Å²) in [5, 5.41) is 0. The molecule has 94 valence electrons. The Morgan fingerprint density at radius 3 is 2.53 bits per heavy atom. The van der Waals surface area contributed by atoms with Crippen molar-refractivity contribution in [2.45, 2.75) is 18.8 Å². The van der Waals surface area contributed by atoms with E-state index >= 15 is 0 Å². The first-order chi connectivity index (χ1) is 9.36. The van der Waals surface area contributed by atoms with Crippen LogP contribution in [0.5, 0.6) is 0 Å². The van der Waals surface area contributed by atoms with Gasteiger partial charge in [0.1, 0.15) is 0 Å². The number of aryl methyl sites for hydroxylation is 1. The first-order valence-corrected chi connectivity index (χ1v) is 7.03. The average molecular weight is 248 g/mol. The van der Waals surface area contributed by atoms with E-state index in [4.69, 9.17) is 0 Å². The highest BCUT2D eigenvalue weighted by Crippen LogP contribution is 2.60. The van der Waals surface area contributed by atoms with Crippen LogP contribution < -0.4 is 0 Å². The van der Waals surface area contributed by atoms with Crippen LogP contribution in [0.4, 0.5) is 0 Å². The third kappa shape index (κ3) is 1.65. The summed E-state index contributed by atoms with van der Waals surface area (Å²) >= 11 is 0. The quantitative estimate of drug-likeness (QED) is 0.738. The maximum absolute atomic E-state index is 12.6. The van der Waals surface area contributed by atoms with Crippen LogP contribution >= 0.6 is 0 Å². The molecule has 2 aromatic rings. The molecule has 1 heteroatoms. The number of benzene rings is 2. The van der Waals surface area contributed by atoms with Crippen LogP contribution in [0, 0.1) is 11.8 Å². The highest BCUT2D eigenvalue weighted by atomic mass is 16.1. The molecule has 19 heavy (non-hydrogen) atoms. The Morgan fingerprint density at radius 1 is 0.947 bits per heavy atom. The van der Waals surface area contributed by atoms with Crippen LogP contribution in [0.2, 0.25) is 0 Å². The van der Waals surface area contributed by atoms with Crippen LogP contribution in [-0.4, -0.2) is 5.78 Å². The van der Waals surface area contributed by atoms with Crippen LogP contribution in [0.1, 0.15) is 33.8 Å². The summed E-state index contributed by atoms with van der Waals surface area (Å²) in [4.78, 5) is 12.6. The lowest BCUT2D eigenvalue weighted by Crippen LogP contribution is -2.03. The highest BCUT2D eigenvalue weighted by Gasteiger charge is 2.56. The van der Waals surface area contributed by atoms with Crippen molar-refractivity contribution in [3.05, 3.63) is 71.3 Å². The smallest absolute Gasteiger partial charge is 0.166 e. The molecule has 2 aliphatic carbocycles. The topological polar surface area (TPSA) is 17.1 Å². The molecule has 0 saturated heterocycles. The van der Waals surface area contributed by atoms with E-state index in [0.717, 1.165) is 12.0 Å². The van der Waals surface area contributed by atoms with E-state index in [9.17, 15) is 4.79 Å². The number of carbonyl (C=O) groups is 1. The Morgan fingerprint density at radius 2 is 1.68 bits per heavy atom. The van der Waals surface area contributed by atoms with Crippen molar-refractivity contribution in [2.24, 2.45) is 11.8 Å². The van der Waals surface area contributed by atoms with Gasteiger partial charge in [0.15, 0.2) is 5.78 Å². The van der Waals surface area contributed by atoms with E-state index in [-0.39, 0.29) is 5.92 Å². The summed E-state index contributed by atoms with van der Waals surface area (Å²) in [6.45, 7) is 0. The first kappa shape index (κ1) is 11.0. The molecule has 0 radical (unpaired) electrons. The van der Waals surface area contributed by atoms with E-state index in [0.29, 0.717) is 17.6 Å². The van der Waals surface area contributed by atoms with Gasteiger partial charge < -0.3 is 0 Å². The van der Waals surface area contributed by atoms with E-state index in [1.807, 2.05) is 30.3 Å². The number of ketones is 1. The minimum Gasteiger partial charge on any atom is -0.294 e. The van der Waals surface area contributed by atoms with Crippen molar-refractivity contribution in [1.29, 1.82) is 0 Å². The molecule has 0 bridgehead atoms. The Kier molecular flexibility index (Phi) is 2.34. The molecule has 0 aromatic heterocycles. The molecule has 1 fully saturated rings. The molecule has 2 aromatic carbocycles. The molecule has 2 aliphatic rings. The zero-order valence-electron chi connectivity index (χ0n) is 10.8. The summed E-state index contributed by atoms with van der Waals surface area (Å²) in [6, 6.07) is 18.4. The number of hydrogen-bond acceptors (Lipinski definition) is 1. The minimum atomic E-state index is 0.228. The molecular formula is C18H16O. The molecule has 3 unspecified atom stereocenters. The van der Waals surface area contributed by atoms with Gasteiger partial charge in [-0.25, -0.2) is 0 Å². The number of hydrogen-bond donors (Lipinski definition) is 0. The second kappa shape index (κ2) is 4.06. The third-order valence-corrected chi connectivity index (χ3v) is 4.69. The van der Waals surface area contributed by atoms with Crippen LogP contribution in [0.15, 0.2) is 54.6 Å². The van der Waals surface area contributed by atoms with Gasteiger partial charge in [-0.15, -0.1) is 0 Å². The predicted molar refractivity (Wildman–Crippen MR) is 75.3 cm³/mol. The Labute approximate surface area is 113 Å². The van der Waals surface area contributed by atoms with E-state index in [1.165, 1.54) is 17.5 Å². The SMILES string of the molecule is O=C(c1ccccc1)C1C2CCc3ccccc3C21.